The highest BCUT2D eigenvalue weighted by atomic mass is 16.5. The first-order valence-electron chi connectivity index (χ1n) is 13.4. The van der Waals surface area contributed by atoms with Crippen LogP contribution < -0.4 is 5.32 Å². The molecular weight excluding hydrogens is 438 g/mol. The Balaban J connectivity index is 1.53. The van der Waals surface area contributed by atoms with Crippen molar-refractivity contribution in [1.82, 2.24) is 9.78 Å². The van der Waals surface area contributed by atoms with Crippen molar-refractivity contribution in [2.45, 2.75) is 90.9 Å². The topological polar surface area (TPSA) is 73.2 Å². The van der Waals surface area contributed by atoms with Crippen LogP contribution in [0, 0.1) is 17.8 Å². The zero-order chi connectivity index (χ0) is 25.0. The second-order valence-electron chi connectivity index (χ2n) is 11.4. The monoisotopic (exact) mass is 479 g/mol. The first-order valence-corrected chi connectivity index (χ1v) is 13.4. The Morgan fingerprint density at radius 1 is 1.09 bits per heavy atom. The first kappa shape index (κ1) is 25.5. The van der Waals surface area contributed by atoms with Crippen molar-refractivity contribution in [2.24, 2.45) is 17.8 Å². The summed E-state index contributed by atoms with van der Waals surface area (Å²) in [5.41, 5.74) is 2.71. The van der Waals surface area contributed by atoms with E-state index in [4.69, 9.17) is 9.84 Å². The van der Waals surface area contributed by atoms with E-state index in [0.29, 0.717) is 31.2 Å². The summed E-state index contributed by atoms with van der Waals surface area (Å²) in [6, 6.07) is 10.0. The van der Waals surface area contributed by atoms with Crippen LogP contribution in [-0.4, -0.2) is 28.3 Å². The van der Waals surface area contributed by atoms with E-state index in [-0.39, 0.29) is 23.2 Å². The van der Waals surface area contributed by atoms with Crippen molar-refractivity contribution in [1.29, 1.82) is 0 Å². The molecule has 2 fully saturated rings. The molecule has 1 unspecified atom stereocenters. The van der Waals surface area contributed by atoms with E-state index < -0.39 is 0 Å². The van der Waals surface area contributed by atoms with Crippen molar-refractivity contribution < 1.29 is 14.3 Å². The highest BCUT2D eigenvalue weighted by Crippen LogP contribution is 2.43. The lowest BCUT2D eigenvalue weighted by Gasteiger charge is -2.38. The number of carbonyl (C=O) groups excluding carboxylic acids is 2. The molecule has 0 radical (unpaired) electrons. The Morgan fingerprint density at radius 2 is 1.86 bits per heavy atom. The molecule has 35 heavy (non-hydrogen) atoms. The van der Waals surface area contributed by atoms with Gasteiger partial charge in [-0.3, -0.25) is 9.59 Å². The van der Waals surface area contributed by atoms with E-state index in [9.17, 15) is 9.59 Å². The smallest absolute Gasteiger partial charge is 0.306 e. The van der Waals surface area contributed by atoms with Crippen molar-refractivity contribution in [2.75, 3.05) is 11.9 Å². The van der Waals surface area contributed by atoms with Gasteiger partial charge in [0.1, 0.15) is 5.82 Å². The molecule has 2 aliphatic carbocycles. The van der Waals surface area contributed by atoms with Gasteiger partial charge in [0.2, 0.25) is 5.91 Å². The van der Waals surface area contributed by atoms with Gasteiger partial charge in [-0.25, -0.2) is 4.68 Å². The van der Waals surface area contributed by atoms with Gasteiger partial charge in [-0.2, -0.15) is 5.10 Å². The van der Waals surface area contributed by atoms with E-state index in [1.54, 1.807) is 0 Å². The molecule has 1 heterocycles. The van der Waals surface area contributed by atoms with Gasteiger partial charge in [-0.15, -0.1) is 0 Å². The molecule has 0 aliphatic heterocycles. The Bertz CT molecular complexity index is 1040. The fourth-order valence-electron chi connectivity index (χ4n) is 5.70. The molecule has 2 aliphatic rings. The number of hydrogen-bond donors (Lipinski definition) is 1. The normalized spacial score (nSPS) is 22.3. The highest BCUT2D eigenvalue weighted by molar-refractivity contribution is 5.92. The first-order chi connectivity index (χ1) is 16.7. The van der Waals surface area contributed by atoms with Gasteiger partial charge in [-0.05, 0) is 62.1 Å². The lowest BCUT2D eigenvalue weighted by molar-refractivity contribution is -0.143. The largest absolute Gasteiger partial charge is 0.466 e. The predicted molar refractivity (Wildman–Crippen MR) is 139 cm³/mol. The fourth-order valence-corrected chi connectivity index (χ4v) is 5.70. The molecule has 2 saturated carbocycles. The van der Waals surface area contributed by atoms with Gasteiger partial charge in [0.05, 0.1) is 18.0 Å². The molecule has 0 saturated heterocycles. The molecule has 0 spiro atoms. The Kier molecular flexibility index (Phi) is 7.98. The molecular formula is C29H41N3O3. The molecule has 1 aromatic carbocycles. The number of carbonyl (C=O) groups is 2. The number of aromatic nitrogens is 2. The number of esters is 1. The number of ether oxygens (including phenoxy) is 1. The quantitative estimate of drug-likeness (QED) is 0.479. The van der Waals surface area contributed by atoms with E-state index in [1.807, 2.05) is 41.9 Å². The summed E-state index contributed by atoms with van der Waals surface area (Å²) in [5.74, 6) is 2.25. The van der Waals surface area contributed by atoms with Gasteiger partial charge in [0, 0.05) is 23.8 Å². The lowest BCUT2D eigenvalue weighted by atomic mass is 9.67. The van der Waals surface area contributed by atoms with Crippen LogP contribution in [0.1, 0.15) is 90.3 Å². The molecule has 190 valence electrons. The summed E-state index contributed by atoms with van der Waals surface area (Å²) < 4.78 is 6.91. The number of amides is 1. The van der Waals surface area contributed by atoms with Crippen LogP contribution in [0.4, 0.5) is 5.82 Å². The standard InChI is InChI=1S/C29H41N3O3/c1-5-35-27(33)16-13-20-9-8-12-24(17-20)32-26(19-25(31-32)29(2,3)4)30-28(34)23-15-14-21-10-6-7-11-22(21)18-23/h8-9,12,17,19,21-23H,5-7,10-11,13-16,18H2,1-4H3,(H,30,34)/t21?,22-,23-/m1/s1. The number of nitrogens with one attached hydrogen (secondary N) is 1. The van der Waals surface area contributed by atoms with Gasteiger partial charge in [-0.1, -0.05) is 58.6 Å². The minimum atomic E-state index is -0.187. The van der Waals surface area contributed by atoms with Crippen LogP contribution in [0.15, 0.2) is 30.3 Å². The minimum absolute atomic E-state index is 0.0756. The van der Waals surface area contributed by atoms with Crippen LogP contribution in [0.2, 0.25) is 0 Å². The zero-order valence-corrected chi connectivity index (χ0v) is 21.8. The average Bonchev–Trinajstić information content (AvgIpc) is 3.27. The molecule has 0 bridgehead atoms. The summed E-state index contributed by atoms with van der Waals surface area (Å²) in [5, 5.41) is 8.13. The molecule has 3 atom stereocenters. The summed E-state index contributed by atoms with van der Waals surface area (Å²) in [6.07, 6.45) is 9.40. The van der Waals surface area contributed by atoms with E-state index in [0.717, 1.165) is 35.7 Å². The van der Waals surface area contributed by atoms with Gasteiger partial charge in [0.15, 0.2) is 0 Å². The van der Waals surface area contributed by atoms with Crippen molar-refractivity contribution in [3.8, 4) is 5.69 Å². The third-order valence-electron chi connectivity index (χ3n) is 7.72. The Labute approximate surface area is 209 Å². The Morgan fingerprint density at radius 3 is 2.60 bits per heavy atom. The van der Waals surface area contributed by atoms with Crippen LogP contribution in [0.25, 0.3) is 5.69 Å². The number of nitrogens with zero attached hydrogens (tertiary/aromatic N) is 2. The van der Waals surface area contributed by atoms with Crippen molar-refractivity contribution in [3.05, 3.63) is 41.6 Å². The minimum Gasteiger partial charge on any atom is -0.466 e. The molecule has 2 aromatic rings. The number of rotatable bonds is 7. The second-order valence-corrected chi connectivity index (χ2v) is 11.4. The van der Waals surface area contributed by atoms with Gasteiger partial charge in [0.25, 0.3) is 0 Å². The van der Waals surface area contributed by atoms with Crippen LogP contribution in [0.5, 0.6) is 0 Å². The second kappa shape index (κ2) is 11.0. The van der Waals surface area contributed by atoms with E-state index >= 15 is 0 Å². The van der Waals surface area contributed by atoms with E-state index in [1.165, 1.54) is 32.1 Å². The fraction of sp³-hybridized carbons (Fsp3) is 0.621. The summed E-state index contributed by atoms with van der Waals surface area (Å²) in [7, 11) is 0. The summed E-state index contributed by atoms with van der Waals surface area (Å²) in [6.45, 7) is 8.61. The van der Waals surface area contributed by atoms with Gasteiger partial charge < -0.3 is 10.1 Å². The van der Waals surface area contributed by atoms with E-state index in [2.05, 4.69) is 26.1 Å². The zero-order valence-electron chi connectivity index (χ0n) is 21.8. The lowest BCUT2D eigenvalue weighted by Crippen LogP contribution is -2.34. The molecule has 4 rings (SSSR count). The maximum Gasteiger partial charge on any atom is 0.306 e. The number of anilines is 1. The van der Waals surface area contributed by atoms with Crippen molar-refractivity contribution >= 4 is 17.7 Å². The van der Waals surface area contributed by atoms with Gasteiger partial charge >= 0.3 is 5.97 Å². The number of benzene rings is 1. The Hall–Kier alpha value is -2.63. The maximum absolute atomic E-state index is 13.4. The maximum atomic E-state index is 13.4. The van der Waals surface area contributed by atoms with Crippen LogP contribution >= 0.6 is 0 Å². The number of fused-ring (bicyclic) bond motifs is 1. The highest BCUT2D eigenvalue weighted by Gasteiger charge is 2.35. The predicted octanol–water partition coefficient (Wildman–Crippen LogP) is 6.21. The number of hydrogen-bond acceptors (Lipinski definition) is 4. The van der Waals surface area contributed by atoms with Crippen molar-refractivity contribution in [3.63, 3.8) is 0 Å². The van der Waals surface area contributed by atoms with Crippen LogP contribution in [0.3, 0.4) is 0 Å². The molecule has 1 N–H and O–H groups in total. The summed E-state index contributed by atoms with van der Waals surface area (Å²) >= 11 is 0. The molecule has 6 heteroatoms. The molecule has 1 amide bonds. The third kappa shape index (κ3) is 6.33. The number of aryl methyl sites for hydroxylation is 1. The third-order valence-corrected chi connectivity index (χ3v) is 7.72. The van der Waals surface area contributed by atoms with Crippen LogP contribution in [-0.2, 0) is 26.2 Å². The summed E-state index contributed by atoms with van der Waals surface area (Å²) in [4.78, 5) is 25.2. The average molecular weight is 480 g/mol. The SMILES string of the molecule is CCOC(=O)CCc1cccc(-n2nc(C(C)(C)C)cc2NC(=O)[C@@H]2CCC3CCCC[C@@H]3C2)c1. The molecule has 6 nitrogen and oxygen atoms in total. The molecule has 1 aromatic heterocycles.